The third kappa shape index (κ3) is 5.43. The molecule has 0 heterocycles. The van der Waals surface area contributed by atoms with Crippen LogP contribution in [-0.4, -0.2) is 0 Å². The fourth-order valence-electron chi connectivity index (χ4n) is 0.611. The summed E-state index contributed by atoms with van der Waals surface area (Å²) in [6.45, 7) is 7.91. The number of rotatable bonds is 3. The largest absolute Gasteiger partial charge is 0.103 e. The topological polar surface area (TPSA) is 0 Å². The first-order valence-corrected chi connectivity index (χ1v) is 3.56. The molecule has 0 spiro atoms. The smallest absolute Gasteiger partial charge is 0.0198 e. The summed E-state index contributed by atoms with van der Waals surface area (Å²) in [5.41, 5.74) is 0. The van der Waals surface area contributed by atoms with Gasteiger partial charge in [0.15, 0.2) is 0 Å². The van der Waals surface area contributed by atoms with Gasteiger partial charge >= 0.3 is 0 Å². The molecule has 9 heavy (non-hydrogen) atoms. The lowest BCUT2D eigenvalue weighted by molar-refractivity contribution is 0.525. The summed E-state index contributed by atoms with van der Waals surface area (Å²) in [5, 5.41) is 0. The molecule has 0 rings (SSSR count). The van der Waals surface area contributed by atoms with Gasteiger partial charge in [0, 0.05) is 13.3 Å². The Morgan fingerprint density at radius 1 is 1.56 bits per heavy atom. The van der Waals surface area contributed by atoms with E-state index in [9.17, 15) is 0 Å². The van der Waals surface area contributed by atoms with Crippen LogP contribution in [0.25, 0.3) is 0 Å². The second-order valence-corrected chi connectivity index (χ2v) is 2.41. The summed E-state index contributed by atoms with van der Waals surface area (Å²) < 4.78 is 0. The molecule has 0 aliphatic heterocycles. The molecule has 51 valence electrons. The molecule has 0 aromatic carbocycles. The van der Waals surface area contributed by atoms with Crippen LogP contribution < -0.4 is 0 Å². The molecule has 0 saturated heterocycles. The molecule has 0 bridgehead atoms. The van der Waals surface area contributed by atoms with E-state index in [1.54, 1.807) is 0 Å². The van der Waals surface area contributed by atoms with E-state index in [0.29, 0.717) is 0 Å². The first-order valence-electron chi connectivity index (χ1n) is 3.56. The summed E-state index contributed by atoms with van der Waals surface area (Å²) in [6.07, 6.45) is 3.50. The van der Waals surface area contributed by atoms with Gasteiger partial charge in [0.1, 0.15) is 0 Å². The minimum absolute atomic E-state index is 0.825. The van der Waals surface area contributed by atoms with Gasteiger partial charge in [-0.3, -0.25) is 0 Å². The molecule has 0 saturated carbocycles. The second-order valence-electron chi connectivity index (χ2n) is 2.41. The van der Waals surface area contributed by atoms with Gasteiger partial charge in [0.2, 0.25) is 0 Å². The van der Waals surface area contributed by atoms with Crippen molar-refractivity contribution in [3.63, 3.8) is 0 Å². The summed E-state index contributed by atoms with van der Waals surface area (Å²) in [5.74, 6) is 6.42. The van der Waals surface area contributed by atoms with Crippen molar-refractivity contribution >= 4 is 0 Å². The van der Waals surface area contributed by atoms with Crippen LogP contribution >= 0.6 is 0 Å². The van der Waals surface area contributed by atoms with E-state index in [0.717, 1.165) is 12.3 Å². The zero-order chi connectivity index (χ0) is 7.11. The lowest BCUT2D eigenvalue weighted by atomic mass is 10.0. The highest BCUT2D eigenvalue weighted by atomic mass is 14.0. The highest BCUT2D eigenvalue weighted by molar-refractivity contribution is 5.01. The second kappa shape index (κ2) is 5.69. The summed E-state index contributed by atoms with van der Waals surface area (Å²) in [6, 6.07) is 0. The quantitative estimate of drug-likeness (QED) is 0.506. The fourth-order valence-corrected chi connectivity index (χ4v) is 0.611. The van der Waals surface area contributed by atoms with Gasteiger partial charge in [-0.15, -0.1) is 11.8 Å². The Balaban J connectivity index is 3.13. The van der Waals surface area contributed by atoms with E-state index in [1.807, 2.05) is 0 Å². The van der Waals surface area contributed by atoms with Crippen molar-refractivity contribution in [3.05, 3.63) is 6.92 Å². The van der Waals surface area contributed by atoms with E-state index >= 15 is 0 Å². The van der Waals surface area contributed by atoms with Crippen molar-refractivity contribution in [1.82, 2.24) is 0 Å². The Morgan fingerprint density at radius 3 is 2.67 bits per heavy atom. The molecule has 0 fully saturated rings. The maximum Gasteiger partial charge on any atom is 0.0198 e. The van der Waals surface area contributed by atoms with Crippen molar-refractivity contribution in [3.8, 4) is 11.8 Å². The average molecular weight is 123 g/mol. The van der Waals surface area contributed by atoms with E-state index < -0.39 is 0 Å². The predicted octanol–water partition coefficient (Wildman–Crippen LogP) is 2.65. The molecule has 0 aliphatic carbocycles. The Morgan fingerprint density at radius 2 is 2.22 bits per heavy atom. The van der Waals surface area contributed by atoms with Crippen LogP contribution in [0, 0.1) is 24.7 Å². The molecule has 1 atom stereocenters. The van der Waals surface area contributed by atoms with Crippen LogP contribution in [0.3, 0.4) is 0 Å². The predicted molar refractivity (Wildman–Crippen MR) is 41.8 cm³/mol. The lowest BCUT2D eigenvalue weighted by Crippen LogP contribution is -1.89. The summed E-state index contributed by atoms with van der Waals surface area (Å²) >= 11 is 0. The highest BCUT2D eigenvalue weighted by Gasteiger charge is 1.94. The van der Waals surface area contributed by atoms with Crippen molar-refractivity contribution in [1.29, 1.82) is 0 Å². The Hall–Kier alpha value is -0.440. The van der Waals surface area contributed by atoms with Gasteiger partial charge in [-0.2, -0.15) is 0 Å². The molecule has 1 unspecified atom stereocenters. The van der Waals surface area contributed by atoms with E-state index in [4.69, 9.17) is 0 Å². The van der Waals surface area contributed by atoms with Gasteiger partial charge in [-0.1, -0.05) is 20.3 Å². The maximum atomic E-state index is 3.45. The maximum absolute atomic E-state index is 3.45. The molecule has 0 amide bonds. The Labute approximate surface area is 58.7 Å². The van der Waals surface area contributed by atoms with Crippen molar-refractivity contribution in [2.45, 2.75) is 33.1 Å². The molecular weight excluding hydrogens is 108 g/mol. The first-order chi connectivity index (χ1) is 4.31. The number of hydrogen-bond donors (Lipinski definition) is 0. The Kier molecular flexibility index (Phi) is 5.41. The lowest BCUT2D eigenvalue weighted by Gasteiger charge is -2.02. The standard InChI is InChI=1S/C9H15/c1-4-6-7-8-9(3)5-2/h9H,1,5,7-8H2,2-3H3. The highest BCUT2D eigenvalue weighted by Crippen LogP contribution is 2.07. The summed E-state index contributed by atoms with van der Waals surface area (Å²) in [4.78, 5) is 0. The average Bonchev–Trinajstić information content (AvgIpc) is 1.89. The van der Waals surface area contributed by atoms with Gasteiger partial charge in [0.05, 0.1) is 0 Å². The third-order valence-corrected chi connectivity index (χ3v) is 1.58. The van der Waals surface area contributed by atoms with Crippen LogP contribution in [0.2, 0.25) is 0 Å². The molecule has 0 aromatic heterocycles. The monoisotopic (exact) mass is 123 g/mol. The first kappa shape index (κ1) is 8.56. The summed E-state index contributed by atoms with van der Waals surface area (Å²) in [7, 11) is 0. The molecule has 0 heteroatoms. The third-order valence-electron chi connectivity index (χ3n) is 1.58. The molecule has 1 radical (unpaired) electrons. The van der Waals surface area contributed by atoms with Gasteiger partial charge in [-0.25, -0.2) is 0 Å². The molecule has 0 aromatic rings. The molecule has 0 aliphatic rings. The van der Waals surface area contributed by atoms with Crippen LogP contribution in [0.4, 0.5) is 0 Å². The van der Waals surface area contributed by atoms with E-state index in [2.05, 4.69) is 32.6 Å². The zero-order valence-electron chi connectivity index (χ0n) is 6.41. The minimum atomic E-state index is 0.825. The van der Waals surface area contributed by atoms with Gasteiger partial charge in [0.25, 0.3) is 0 Å². The zero-order valence-corrected chi connectivity index (χ0v) is 6.41. The van der Waals surface area contributed by atoms with Crippen LogP contribution in [0.1, 0.15) is 33.1 Å². The number of hydrogen-bond acceptors (Lipinski definition) is 0. The van der Waals surface area contributed by atoms with Crippen molar-refractivity contribution in [2.24, 2.45) is 5.92 Å². The molecule has 0 N–H and O–H groups in total. The van der Waals surface area contributed by atoms with Crippen LogP contribution in [0.15, 0.2) is 0 Å². The van der Waals surface area contributed by atoms with Crippen LogP contribution in [-0.2, 0) is 0 Å². The molecule has 0 nitrogen and oxygen atoms in total. The van der Waals surface area contributed by atoms with Crippen molar-refractivity contribution in [2.75, 3.05) is 0 Å². The fraction of sp³-hybridized carbons (Fsp3) is 0.667. The van der Waals surface area contributed by atoms with Gasteiger partial charge in [-0.05, 0) is 12.3 Å². The van der Waals surface area contributed by atoms with Crippen LogP contribution in [0.5, 0.6) is 0 Å². The van der Waals surface area contributed by atoms with E-state index in [-0.39, 0.29) is 0 Å². The van der Waals surface area contributed by atoms with Crippen molar-refractivity contribution < 1.29 is 0 Å². The molecular formula is C9H15. The van der Waals surface area contributed by atoms with Gasteiger partial charge < -0.3 is 0 Å². The Bertz CT molecular complexity index is 103. The SMILES string of the molecule is [CH2]C#CCCC(C)CC. The normalized spacial score (nSPS) is 11.9. The van der Waals surface area contributed by atoms with E-state index in [1.165, 1.54) is 12.8 Å². The minimum Gasteiger partial charge on any atom is -0.103 e.